The van der Waals surface area contributed by atoms with Crippen LogP contribution in [-0.4, -0.2) is 6.08 Å². The average molecular weight is 331 g/mol. The molecule has 0 saturated carbocycles. The molecule has 0 aromatic heterocycles. The fraction of sp³-hybridized carbons (Fsp3) is 0.0952. The van der Waals surface area contributed by atoms with Crippen molar-refractivity contribution in [1.82, 2.24) is 0 Å². The Labute approximate surface area is 146 Å². The van der Waals surface area contributed by atoms with Crippen LogP contribution in [0.15, 0.2) is 83.9 Å². The lowest BCUT2D eigenvalue weighted by atomic mass is 10.2. The van der Waals surface area contributed by atoms with Crippen molar-refractivity contribution in [2.24, 2.45) is 4.99 Å². The summed E-state index contributed by atoms with van der Waals surface area (Å²) in [5, 5.41) is 0. The summed E-state index contributed by atoms with van der Waals surface area (Å²) in [6, 6.07) is 24.8. The summed E-state index contributed by atoms with van der Waals surface area (Å²) in [6.45, 7) is 0.848. The van der Waals surface area contributed by atoms with Gasteiger partial charge in [-0.25, -0.2) is 4.79 Å². The summed E-state index contributed by atoms with van der Waals surface area (Å²) >= 11 is 0. The molecule has 3 rings (SSSR count). The van der Waals surface area contributed by atoms with Crippen LogP contribution in [0, 0.1) is 0 Å². The van der Waals surface area contributed by atoms with Crippen molar-refractivity contribution in [3.05, 3.63) is 90.0 Å². The maximum absolute atomic E-state index is 10.6. The molecule has 3 aromatic rings. The molecular formula is C21H17NO3. The number of aliphatic imine (C=N–C) groups is 1. The minimum Gasteiger partial charge on any atom is -0.489 e. The molecule has 3 aromatic carbocycles. The SMILES string of the molecule is O=C=Nc1cc(OCc2ccccc2)cc(OCc2ccccc2)c1. The minimum absolute atomic E-state index is 0.424. The van der Waals surface area contributed by atoms with Crippen molar-refractivity contribution in [2.45, 2.75) is 13.2 Å². The summed E-state index contributed by atoms with van der Waals surface area (Å²) in [5.41, 5.74) is 2.56. The van der Waals surface area contributed by atoms with E-state index in [1.807, 2.05) is 60.7 Å². The fourth-order valence-corrected chi connectivity index (χ4v) is 2.32. The van der Waals surface area contributed by atoms with Gasteiger partial charge in [-0.1, -0.05) is 60.7 Å². The first kappa shape index (κ1) is 16.5. The van der Waals surface area contributed by atoms with Crippen molar-refractivity contribution in [2.75, 3.05) is 0 Å². The molecule has 0 radical (unpaired) electrons. The van der Waals surface area contributed by atoms with Crippen LogP contribution in [0.3, 0.4) is 0 Å². The van der Waals surface area contributed by atoms with Crippen LogP contribution in [0.4, 0.5) is 5.69 Å². The van der Waals surface area contributed by atoms with Gasteiger partial charge in [0.1, 0.15) is 24.7 Å². The fourth-order valence-electron chi connectivity index (χ4n) is 2.32. The van der Waals surface area contributed by atoms with E-state index in [2.05, 4.69) is 4.99 Å². The Morgan fingerprint density at radius 2 is 1.20 bits per heavy atom. The standard InChI is InChI=1S/C21H17NO3/c23-16-22-19-11-20(24-14-17-7-3-1-4-8-17)13-21(12-19)25-15-18-9-5-2-6-10-18/h1-13H,14-15H2. The van der Waals surface area contributed by atoms with Gasteiger partial charge in [0, 0.05) is 18.2 Å². The van der Waals surface area contributed by atoms with Gasteiger partial charge in [-0.2, -0.15) is 4.99 Å². The van der Waals surface area contributed by atoms with E-state index in [1.165, 1.54) is 0 Å². The third-order valence-electron chi connectivity index (χ3n) is 3.54. The first-order valence-corrected chi connectivity index (χ1v) is 7.90. The number of ether oxygens (including phenoxy) is 2. The average Bonchev–Trinajstić information content (AvgIpc) is 2.67. The van der Waals surface area contributed by atoms with Crippen molar-refractivity contribution in [1.29, 1.82) is 0 Å². The van der Waals surface area contributed by atoms with E-state index in [0.717, 1.165) is 11.1 Å². The van der Waals surface area contributed by atoms with Crippen molar-refractivity contribution >= 4 is 11.8 Å². The maximum atomic E-state index is 10.6. The predicted octanol–water partition coefficient (Wildman–Crippen LogP) is 4.81. The van der Waals surface area contributed by atoms with Gasteiger partial charge in [-0.05, 0) is 11.1 Å². The Hall–Kier alpha value is -3.36. The number of isocyanates is 1. The van der Waals surface area contributed by atoms with Gasteiger partial charge in [0.15, 0.2) is 0 Å². The molecule has 0 heterocycles. The molecule has 0 aliphatic carbocycles. The predicted molar refractivity (Wildman–Crippen MR) is 95.8 cm³/mol. The van der Waals surface area contributed by atoms with E-state index in [0.29, 0.717) is 30.4 Å². The molecule has 4 nitrogen and oxygen atoms in total. The molecule has 0 atom stereocenters. The number of rotatable bonds is 7. The zero-order chi connectivity index (χ0) is 17.3. The highest BCUT2D eigenvalue weighted by Crippen LogP contribution is 2.29. The molecule has 0 saturated heterocycles. The van der Waals surface area contributed by atoms with E-state index >= 15 is 0 Å². The Morgan fingerprint density at radius 3 is 1.64 bits per heavy atom. The lowest BCUT2D eigenvalue weighted by Crippen LogP contribution is -1.97. The molecule has 0 fully saturated rings. The summed E-state index contributed by atoms with van der Waals surface area (Å²) < 4.78 is 11.6. The summed E-state index contributed by atoms with van der Waals surface area (Å²) in [5.74, 6) is 1.17. The number of nitrogens with zero attached hydrogens (tertiary/aromatic N) is 1. The molecule has 0 amide bonds. The molecule has 0 bridgehead atoms. The Kier molecular flexibility index (Phi) is 5.60. The van der Waals surface area contributed by atoms with Gasteiger partial charge < -0.3 is 9.47 Å². The van der Waals surface area contributed by atoms with Crippen LogP contribution in [0.25, 0.3) is 0 Å². The van der Waals surface area contributed by atoms with Gasteiger partial charge in [-0.15, -0.1) is 0 Å². The zero-order valence-electron chi connectivity index (χ0n) is 13.6. The van der Waals surface area contributed by atoms with Crippen LogP contribution in [0.1, 0.15) is 11.1 Å². The minimum atomic E-state index is 0.424. The third kappa shape index (κ3) is 5.06. The molecule has 4 heteroatoms. The highest BCUT2D eigenvalue weighted by Gasteiger charge is 2.04. The van der Waals surface area contributed by atoms with Crippen molar-refractivity contribution < 1.29 is 14.3 Å². The molecule has 124 valence electrons. The lowest BCUT2D eigenvalue weighted by Gasteiger charge is -2.11. The van der Waals surface area contributed by atoms with E-state index in [9.17, 15) is 4.79 Å². The van der Waals surface area contributed by atoms with E-state index in [4.69, 9.17) is 9.47 Å². The second-order valence-corrected chi connectivity index (χ2v) is 5.41. The first-order chi connectivity index (χ1) is 12.3. The largest absolute Gasteiger partial charge is 0.489 e. The second-order valence-electron chi connectivity index (χ2n) is 5.41. The highest BCUT2D eigenvalue weighted by atomic mass is 16.5. The van der Waals surface area contributed by atoms with Crippen LogP contribution >= 0.6 is 0 Å². The van der Waals surface area contributed by atoms with E-state index in [1.54, 1.807) is 24.3 Å². The van der Waals surface area contributed by atoms with Crippen LogP contribution < -0.4 is 9.47 Å². The van der Waals surface area contributed by atoms with Gasteiger partial charge in [-0.3, -0.25) is 0 Å². The topological polar surface area (TPSA) is 47.9 Å². The van der Waals surface area contributed by atoms with Crippen LogP contribution in [0.2, 0.25) is 0 Å². The quantitative estimate of drug-likeness (QED) is 0.461. The van der Waals surface area contributed by atoms with E-state index < -0.39 is 0 Å². The van der Waals surface area contributed by atoms with Crippen molar-refractivity contribution in [3.63, 3.8) is 0 Å². The maximum Gasteiger partial charge on any atom is 0.240 e. The zero-order valence-corrected chi connectivity index (χ0v) is 13.6. The third-order valence-corrected chi connectivity index (χ3v) is 3.54. The van der Waals surface area contributed by atoms with Crippen molar-refractivity contribution in [3.8, 4) is 11.5 Å². The van der Waals surface area contributed by atoms with Gasteiger partial charge in [0.25, 0.3) is 0 Å². The summed E-state index contributed by atoms with van der Waals surface area (Å²) in [7, 11) is 0. The monoisotopic (exact) mass is 331 g/mol. The molecular weight excluding hydrogens is 314 g/mol. The molecule has 0 aliphatic heterocycles. The van der Waals surface area contributed by atoms with Gasteiger partial charge in [0.2, 0.25) is 6.08 Å². The summed E-state index contributed by atoms with van der Waals surface area (Å²) in [6.07, 6.45) is 1.55. The number of hydrogen-bond donors (Lipinski definition) is 0. The number of benzene rings is 3. The molecule has 25 heavy (non-hydrogen) atoms. The second kappa shape index (κ2) is 8.48. The Morgan fingerprint density at radius 1 is 0.720 bits per heavy atom. The van der Waals surface area contributed by atoms with Crippen LogP contribution in [0.5, 0.6) is 11.5 Å². The molecule has 0 N–H and O–H groups in total. The van der Waals surface area contributed by atoms with E-state index in [-0.39, 0.29) is 0 Å². The Balaban J connectivity index is 1.73. The summed E-state index contributed by atoms with van der Waals surface area (Å²) in [4.78, 5) is 14.3. The Bertz CT molecular complexity index is 795. The molecule has 0 unspecified atom stereocenters. The smallest absolute Gasteiger partial charge is 0.240 e. The molecule has 0 aliphatic rings. The number of carbonyl (C=O) groups excluding carboxylic acids is 1. The number of hydrogen-bond acceptors (Lipinski definition) is 4. The molecule has 0 spiro atoms. The lowest BCUT2D eigenvalue weighted by molar-refractivity contribution is 0.290. The highest BCUT2D eigenvalue weighted by molar-refractivity contribution is 5.55. The van der Waals surface area contributed by atoms with Gasteiger partial charge >= 0.3 is 0 Å². The van der Waals surface area contributed by atoms with Crippen LogP contribution in [-0.2, 0) is 18.0 Å². The first-order valence-electron chi connectivity index (χ1n) is 7.90. The van der Waals surface area contributed by atoms with Gasteiger partial charge in [0.05, 0.1) is 5.69 Å². The normalized spacial score (nSPS) is 9.92.